The predicted octanol–water partition coefficient (Wildman–Crippen LogP) is 3.80. The van der Waals surface area contributed by atoms with Crippen molar-refractivity contribution in [2.75, 3.05) is 21.3 Å². The molecule has 0 atom stereocenters. The van der Waals surface area contributed by atoms with Gasteiger partial charge >= 0.3 is 0 Å². The Morgan fingerprint density at radius 3 is 2.20 bits per heavy atom. The summed E-state index contributed by atoms with van der Waals surface area (Å²) in [5.74, 6) is 1.53. The molecule has 0 bridgehead atoms. The van der Waals surface area contributed by atoms with Crippen LogP contribution in [-0.4, -0.2) is 27.2 Å². The first-order chi connectivity index (χ1) is 12.1. The highest BCUT2D eigenvalue weighted by Gasteiger charge is 2.10. The molecule has 0 heterocycles. The van der Waals surface area contributed by atoms with Gasteiger partial charge in [-0.3, -0.25) is 4.79 Å². The maximum atomic E-state index is 12.0. The molecular weight excluding hydrogens is 386 g/mol. The third-order valence-electron chi connectivity index (χ3n) is 3.53. The van der Waals surface area contributed by atoms with E-state index in [1.807, 2.05) is 24.3 Å². The summed E-state index contributed by atoms with van der Waals surface area (Å²) in [5, 5.41) is 2.84. The van der Waals surface area contributed by atoms with Crippen LogP contribution in [0.2, 0.25) is 0 Å². The Balaban J connectivity index is 2.06. The predicted molar refractivity (Wildman–Crippen MR) is 101 cm³/mol. The molecule has 0 saturated carbocycles. The standard InChI is InChI=1S/C19H20BrNO4/c1-23-16-11-18(25-3)17(24-2)10-14(16)6-9-19(22)21-12-13-4-7-15(20)8-5-13/h4-11H,12H2,1-3H3,(H,21,22)/b9-6+. The lowest BCUT2D eigenvalue weighted by atomic mass is 10.1. The van der Waals surface area contributed by atoms with E-state index in [-0.39, 0.29) is 5.91 Å². The molecule has 6 heteroatoms. The van der Waals surface area contributed by atoms with E-state index < -0.39 is 0 Å². The third-order valence-corrected chi connectivity index (χ3v) is 4.06. The van der Waals surface area contributed by atoms with E-state index in [0.717, 1.165) is 15.6 Å². The van der Waals surface area contributed by atoms with E-state index in [1.54, 1.807) is 39.5 Å². The maximum absolute atomic E-state index is 12.0. The first-order valence-electron chi connectivity index (χ1n) is 7.57. The lowest BCUT2D eigenvalue weighted by Crippen LogP contribution is -2.20. The molecule has 2 aromatic carbocycles. The molecule has 2 rings (SSSR count). The van der Waals surface area contributed by atoms with Crippen molar-refractivity contribution in [2.24, 2.45) is 0 Å². The Labute approximate surface area is 155 Å². The highest BCUT2D eigenvalue weighted by Crippen LogP contribution is 2.35. The zero-order valence-electron chi connectivity index (χ0n) is 14.3. The third kappa shape index (κ3) is 5.26. The number of amides is 1. The summed E-state index contributed by atoms with van der Waals surface area (Å²) in [5.41, 5.74) is 1.74. The molecule has 5 nitrogen and oxygen atoms in total. The van der Waals surface area contributed by atoms with Gasteiger partial charge in [-0.25, -0.2) is 0 Å². The molecule has 0 saturated heterocycles. The first-order valence-corrected chi connectivity index (χ1v) is 8.37. The molecule has 0 aliphatic carbocycles. The molecule has 1 N–H and O–H groups in total. The molecule has 0 aliphatic rings. The highest BCUT2D eigenvalue weighted by atomic mass is 79.9. The van der Waals surface area contributed by atoms with Gasteiger partial charge in [-0.2, -0.15) is 0 Å². The molecule has 132 valence electrons. The van der Waals surface area contributed by atoms with E-state index >= 15 is 0 Å². The number of methoxy groups -OCH3 is 3. The zero-order chi connectivity index (χ0) is 18.2. The second kappa shape index (κ2) is 9.13. The minimum absolute atomic E-state index is 0.195. The van der Waals surface area contributed by atoms with Crippen molar-refractivity contribution in [3.8, 4) is 17.2 Å². The summed E-state index contributed by atoms with van der Waals surface area (Å²) < 4.78 is 16.9. The van der Waals surface area contributed by atoms with Crippen LogP contribution in [0.3, 0.4) is 0 Å². The van der Waals surface area contributed by atoms with Gasteiger partial charge < -0.3 is 19.5 Å². The van der Waals surface area contributed by atoms with Crippen molar-refractivity contribution in [3.05, 3.63) is 58.1 Å². The fraction of sp³-hybridized carbons (Fsp3) is 0.211. The van der Waals surface area contributed by atoms with E-state index in [9.17, 15) is 4.79 Å². The van der Waals surface area contributed by atoms with Crippen LogP contribution in [0.4, 0.5) is 0 Å². The minimum atomic E-state index is -0.195. The smallest absolute Gasteiger partial charge is 0.244 e. The molecule has 0 aliphatic heterocycles. The number of hydrogen-bond donors (Lipinski definition) is 1. The number of carbonyl (C=O) groups excluding carboxylic acids is 1. The van der Waals surface area contributed by atoms with Gasteiger partial charge in [-0.1, -0.05) is 28.1 Å². The van der Waals surface area contributed by atoms with Crippen molar-refractivity contribution in [3.63, 3.8) is 0 Å². The average Bonchev–Trinajstić information content (AvgIpc) is 2.65. The summed E-state index contributed by atoms with van der Waals surface area (Å²) in [4.78, 5) is 12.0. The van der Waals surface area contributed by atoms with Crippen molar-refractivity contribution in [1.82, 2.24) is 5.32 Å². The number of hydrogen-bond acceptors (Lipinski definition) is 4. The lowest BCUT2D eigenvalue weighted by molar-refractivity contribution is -0.116. The molecule has 2 aromatic rings. The van der Waals surface area contributed by atoms with Gasteiger partial charge in [0, 0.05) is 28.7 Å². The second-order valence-corrected chi connectivity index (χ2v) is 6.04. The zero-order valence-corrected chi connectivity index (χ0v) is 15.9. The number of nitrogens with one attached hydrogen (secondary N) is 1. The maximum Gasteiger partial charge on any atom is 0.244 e. The van der Waals surface area contributed by atoms with Crippen LogP contribution in [0, 0.1) is 0 Å². The molecule has 0 aromatic heterocycles. The molecule has 0 spiro atoms. The monoisotopic (exact) mass is 405 g/mol. The van der Waals surface area contributed by atoms with Crippen LogP contribution in [0.25, 0.3) is 6.08 Å². The van der Waals surface area contributed by atoms with Crippen LogP contribution in [0.1, 0.15) is 11.1 Å². The number of carbonyl (C=O) groups is 1. The highest BCUT2D eigenvalue weighted by molar-refractivity contribution is 9.10. The van der Waals surface area contributed by atoms with Crippen LogP contribution in [0.15, 0.2) is 46.9 Å². The summed E-state index contributed by atoms with van der Waals surface area (Å²) in [6.07, 6.45) is 3.14. The van der Waals surface area contributed by atoms with Gasteiger partial charge in [0.2, 0.25) is 5.91 Å². The largest absolute Gasteiger partial charge is 0.496 e. The lowest BCUT2D eigenvalue weighted by Gasteiger charge is -2.12. The van der Waals surface area contributed by atoms with Crippen molar-refractivity contribution in [1.29, 1.82) is 0 Å². The molecule has 1 amide bonds. The van der Waals surface area contributed by atoms with E-state index in [2.05, 4.69) is 21.2 Å². The van der Waals surface area contributed by atoms with Gasteiger partial charge in [-0.05, 0) is 29.8 Å². The van der Waals surface area contributed by atoms with Crippen LogP contribution < -0.4 is 19.5 Å². The topological polar surface area (TPSA) is 56.8 Å². The number of halogens is 1. The Bertz CT molecular complexity index is 757. The Morgan fingerprint density at radius 2 is 1.60 bits per heavy atom. The summed E-state index contributed by atoms with van der Waals surface area (Å²) in [6.45, 7) is 0.458. The van der Waals surface area contributed by atoms with Crippen LogP contribution >= 0.6 is 15.9 Å². The van der Waals surface area contributed by atoms with Gasteiger partial charge in [0.05, 0.1) is 21.3 Å². The molecular formula is C19H20BrNO4. The van der Waals surface area contributed by atoms with E-state index in [0.29, 0.717) is 23.8 Å². The van der Waals surface area contributed by atoms with Gasteiger partial charge in [0.15, 0.2) is 11.5 Å². The van der Waals surface area contributed by atoms with Gasteiger partial charge in [0.1, 0.15) is 5.75 Å². The summed E-state index contributed by atoms with van der Waals surface area (Å²) in [6, 6.07) is 11.3. The van der Waals surface area contributed by atoms with Crippen molar-refractivity contribution >= 4 is 27.9 Å². The Kier molecular flexibility index (Phi) is 6.89. The SMILES string of the molecule is COc1cc(OC)c(OC)cc1/C=C/C(=O)NCc1ccc(Br)cc1. The summed E-state index contributed by atoms with van der Waals surface area (Å²) >= 11 is 3.38. The fourth-order valence-corrected chi connectivity index (χ4v) is 2.46. The Morgan fingerprint density at radius 1 is 1.00 bits per heavy atom. The molecule has 0 radical (unpaired) electrons. The van der Waals surface area contributed by atoms with Gasteiger partial charge in [0.25, 0.3) is 0 Å². The molecule has 0 unspecified atom stereocenters. The van der Waals surface area contributed by atoms with Crippen molar-refractivity contribution in [2.45, 2.75) is 6.54 Å². The number of benzene rings is 2. The quantitative estimate of drug-likeness (QED) is 0.711. The van der Waals surface area contributed by atoms with Crippen LogP contribution in [-0.2, 0) is 11.3 Å². The average molecular weight is 406 g/mol. The van der Waals surface area contributed by atoms with Crippen LogP contribution in [0.5, 0.6) is 17.2 Å². The Hall–Kier alpha value is -2.47. The van der Waals surface area contributed by atoms with E-state index in [1.165, 1.54) is 6.08 Å². The van der Waals surface area contributed by atoms with Crippen molar-refractivity contribution < 1.29 is 19.0 Å². The number of rotatable bonds is 7. The van der Waals surface area contributed by atoms with E-state index in [4.69, 9.17) is 14.2 Å². The fourth-order valence-electron chi connectivity index (χ4n) is 2.20. The molecule has 25 heavy (non-hydrogen) atoms. The minimum Gasteiger partial charge on any atom is -0.496 e. The second-order valence-electron chi connectivity index (χ2n) is 5.13. The first kappa shape index (κ1) is 18.9. The number of ether oxygens (including phenoxy) is 3. The molecule has 0 fully saturated rings. The normalized spacial score (nSPS) is 10.6. The summed E-state index contributed by atoms with van der Waals surface area (Å²) in [7, 11) is 4.68. The van der Waals surface area contributed by atoms with Gasteiger partial charge in [-0.15, -0.1) is 0 Å².